The molecule has 1 aliphatic rings. The smallest absolute Gasteiger partial charge is 0.260 e. The van der Waals surface area contributed by atoms with Crippen molar-refractivity contribution >= 4 is 5.91 Å². The predicted molar refractivity (Wildman–Crippen MR) is 121 cm³/mol. The van der Waals surface area contributed by atoms with E-state index in [-0.39, 0.29) is 18.3 Å². The maximum Gasteiger partial charge on any atom is 0.260 e. The summed E-state index contributed by atoms with van der Waals surface area (Å²) in [6.45, 7) is 4.69. The molecule has 0 N–H and O–H groups in total. The lowest BCUT2D eigenvalue weighted by Gasteiger charge is -2.36. The van der Waals surface area contributed by atoms with Crippen LogP contribution in [0.15, 0.2) is 54.6 Å². The highest BCUT2D eigenvalue weighted by molar-refractivity contribution is 5.77. The van der Waals surface area contributed by atoms with Gasteiger partial charge < -0.3 is 14.5 Å². The molecule has 5 nitrogen and oxygen atoms in total. The van der Waals surface area contributed by atoms with Gasteiger partial charge in [0.1, 0.15) is 11.6 Å². The van der Waals surface area contributed by atoms with Crippen LogP contribution in [0.25, 0.3) is 0 Å². The van der Waals surface area contributed by atoms with E-state index in [1.165, 1.54) is 6.07 Å². The summed E-state index contributed by atoms with van der Waals surface area (Å²) in [5.41, 5.74) is 0.736. The molecule has 0 saturated carbocycles. The third-order valence-corrected chi connectivity index (χ3v) is 5.71. The van der Waals surface area contributed by atoms with E-state index < -0.39 is 0 Å². The largest absolute Gasteiger partial charge is 0.484 e. The number of nitrogens with zero attached hydrogens (tertiary/aromatic N) is 3. The van der Waals surface area contributed by atoms with Crippen LogP contribution >= 0.6 is 0 Å². The van der Waals surface area contributed by atoms with Gasteiger partial charge in [-0.15, -0.1) is 0 Å². The average Bonchev–Trinajstić information content (AvgIpc) is 2.77. The number of likely N-dealkylation sites (N-methyl/N-ethyl adjacent to an activating group) is 1. The molecule has 1 aliphatic heterocycles. The number of carbonyl (C=O) groups is 1. The van der Waals surface area contributed by atoms with Crippen molar-refractivity contribution in [1.82, 2.24) is 14.7 Å². The van der Waals surface area contributed by atoms with Gasteiger partial charge >= 0.3 is 0 Å². The zero-order valence-corrected chi connectivity index (χ0v) is 18.7. The fourth-order valence-corrected chi connectivity index (χ4v) is 4.01. The van der Waals surface area contributed by atoms with Crippen LogP contribution in [0.2, 0.25) is 0 Å². The summed E-state index contributed by atoms with van der Waals surface area (Å²) < 4.78 is 19.8. The Morgan fingerprint density at radius 1 is 1.10 bits per heavy atom. The second-order valence-corrected chi connectivity index (χ2v) is 8.58. The normalized spacial score (nSPS) is 17.0. The summed E-state index contributed by atoms with van der Waals surface area (Å²) in [4.78, 5) is 19.3. The molecule has 31 heavy (non-hydrogen) atoms. The van der Waals surface area contributed by atoms with Gasteiger partial charge in [-0.1, -0.05) is 36.4 Å². The standard InChI is InChI=1S/C25H34FN3O2/c1-27(2)15-16-29(25(30)20-31-23-11-4-3-5-12-23)18-21-9-8-14-28(17-21)19-22-10-6-7-13-24(22)26/h3-7,10-13,21H,8-9,14-20H2,1-2H3. The highest BCUT2D eigenvalue weighted by Crippen LogP contribution is 2.21. The van der Waals surface area contributed by atoms with Gasteiger partial charge in [-0.25, -0.2) is 4.39 Å². The van der Waals surface area contributed by atoms with Crippen LogP contribution in [-0.2, 0) is 11.3 Å². The SMILES string of the molecule is CN(C)CCN(CC1CCCN(Cc2ccccc2F)C1)C(=O)COc1ccccc1. The average molecular weight is 428 g/mol. The molecule has 2 aromatic rings. The Morgan fingerprint density at radius 3 is 2.58 bits per heavy atom. The van der Waals surface area contributed by atoms with Crippen molar-refractivity contribution in [3.8, 4) is 5.75 Å². The Morgan fingerprint density at radius 2 is 1.84 bits per heavy atom. The first-order chi connectivity index (χ1) is 15.0. The van der Waals surface area contributed by atoms with E-state index >= 15 is 0 Å². The van der Waals surface area contributed by atoms with Crippen molar-refractivity contribution < 1.29 is 13.9 Å². The minimum Gasteiger partial charge on any atom is -0.484 e. The number of amides is 1. The molecule has 1 saturated heterocycles. The minimum atomic E-state index is -0.148. The Balaban J connectivity index is 1.57. The number of hydrogen-bond donors (Lipinski definition) is 0. The lowest BCUT2D eigenvalue weighted by atomic mass is 9.96. The predicted octanol–water partition coefficient (Wildman–Crippen LogP) is 3.51. The van der Waals surface area contributed by atoms with E-state index in [1.54, 1.807) is 6.07 Å². The van der Waals surface area contributed by atoms with Gasteiger partial charge in [0.15, 0.2) is 6.61 Å². The molecule has 6 heteroatoms. The first-order valence-electron chi connectivity index (χ1n) is 11.1. The topological polar surface area (TPSA) is 36.0 Å². The second kappa shape index (κ2) is 11.8. The molecule has 3 rings (SSSR count). The van der Waals surface area contributed by atoms with Gasteiger partial charge in [-0.05, 0) is 57.6 Å². The van der Waals surface area contributed by atoms with Crippen molar-refractivity contribution in [3.63, 3.8) is 0 Å². The van der Waals surface area contributed by atoms with Gasteiger partial charge in [0.25, 0.3) is 5.91 Å². The molecular weight excluding hydrogens is 393 g/mol. The Hall–Kier alpha value is -2.44. The summed E-state index contributed by atoms with van der Waals surface area (Å²) in [5.74, 6) is 0.947. The molecule has 0 aliphatic carbocycles. The molecule has 0 radical (unpaired) electrons. The summed E-state index contributed by atoms with van der Waals surface area (Å²) in [7, 11) is 4.03. The number of rotatable bonds is 10. The maximum absolute atomic E-state index is 14.1. The van der Waals surface area contributed by atoms with Crippen LogP contribution in [0, 0.1) is 11.7 Å². The quantitative estimate of drug-likeness (QED) is 0.581. The number of carbonyl (C=O) groups excluding carboxylic acids is 1. The number of hydrogen-bond acceptors (Lipinski definition) is 4. The molecular formula is C25H34FN3O2. The lowest BCUT2D eigenvalue weighted by Crippen LogP contribution is -2.46. The first-order valence-corrected chi connectivity index (χ1v) is 11.1. The van der Waals surface area contributed by atoms with E-state index in [4.69, 9.17) is 4.74 Å². The molecule has 0 spiro atoms. The van der Waals surface area contributed by atoms with E-state index in [0.717, 1.165) is 38.0 Å². The monoisotopic (exact) mass is 427 g/mol. The summed E-state index contributed by atoms with van der Waals surface area (Å²) in [6.07, 6.45) is 2.15. The summed E-state index contributed by atoms with van der Waals surface area (Å²) in [6, 6.07) is 16.4. The molecule has 168 valence electrons. The number of likely N-dealkylation sites (tertiary alicyclic amines) is 1. The fraction of sp³-hybridized carbons (Fsp3) is 0.480. The highest BCUT2D eigenvalue weighted by atomic mass is 19.1. The van der Waals surface area contributed by atoms with E-state index in [2.05, 4.69) is 9.80 Å². The third-order valence-electron chi connectivity index (χ3n) is 5.71. The highest BCUT2D eigenvalue weighted by Gasteiger charge is 2.25. The number of piperidine rings is 1. The molecule has 2 aromatic carbocycles. The summed E-state index contributed by atoms with van der Waals surface area (Å²) in [5, 5.41) is 0. The Labute approximate surface area is 185 Å². The second-order valence-electron chi connectivity index (χ2n) is 8.58. The van der Waals surface area contributed by atoms with Gasteiger partial charge in [0, 0.05) is 38.3 Å². The number of benzene rings is 2. The zero-order valence-electron chi connectivity index (χ0n) is 18.7. The minimum absolute atomic E-state index is 0.0110. The van der Waals surface area contributed by atoms with Gasteiger partial charge in [-0.2, -0.15) is 0 Å². The first kappa shape index (κ1) is 23.2. The maximum atomic E-state index is 14.1. The van der Waals surface area contributed by atoms with Crippen molar-refractivity contribution in [2.45, 2.75) is 19.4 Å². The van der Waals surface area contributed by atoms with Crippen LogP contribution in [0.4, 0.5) is 4.39 Å². The van der Waals surface area contributed by atoms with Crippen molar-refractivity contribution in [2.24, 2.45) is 5.92 Å². The molecule has 1 amide bonds. The van der Waals surface area contributed by atoms with E-state index in [0.29, 0.717) is 31.3 Å². The molecule has 1 heterocycles. The molecule has 0 bridgehead atoms. The van der Waals surface area contributed by atoms with E-state index in [9.17, 15) is 9.18 Å². The van der Waals surface area contributed by atoms with Gasteiger partial charge in [0.05, 0.1) is 0 Å². The van der Waals surface area contributed by atoms with Crippen LogP contribution in [0.3, 0.4) is 0 Å². The van der Waals surface area contributed by atoms with Crippen LogP contribution in [-0.4, -0.2) is 74.0 Å². The Bertz CT molecular complexity index is 815. The van der Waals surface area contributed by atoms with Crippen LogP contribution in [0.1, 0.15) is 18.4 Å². The van der Waals surface area contributed by atoms with Gasteiger partial charge in [0.2, 0.25) is 0 Å². The number of para-hydroxylation sites is 1. The number of ether oxygens (including phenoxy) is 1. The number of halogens is 1. The Kier molecular flexibility index (Phi) is 8.85. The fourth-order valence-electron chi connectivity index (χ4n) is 4.01. The van der Waals surface area contributed by atoms with Crippen molar-refractivity contribution in [1.29, 1.82) is 0 Å². The van der Waals surface area contributed by atoms with Gasteiger partial charge in [-0.3, -0.25) is 9.69 Å². The van der Waals surface area contributed by atoms with Crippen LogP contribution < -0.4 is 4.74 Å². The van der Waals surface area contributed by atoms with E-state index in [1.807, 2.05) is 61.5 Å². The van der Waals surface area contributed by atoms with Crippen molar-refractivity contribution in [3.05, 3.63) is 66.0 Å². The molecule has 1 fully saturated rings. The summed E-state index contributed by atoms with van der Waals surface area (Å²) >= 11 is 0. The molecule has 1 unspecified atom stereocenters. The van der Waals surface area contributed by atoms with Crippen molar-refractivity contribution in [2.75, 3.05) is 53.4 Å². The lowest BCUT2D eigenvalue weighted by molar-refractivity contribution is -0.134. The third kappa shape index (κ3) is 7.64. The molecule has 1 atom stereocenters. The van der Waals surface area contributed by atoms with Crippen LogP contribution in [0.5, 0.6) is 5.75 Å². The zero-order chi connectivity index (χ0) is 22.1. The molecule has 0 aromatic heterocycles.